The predicted octanol–water partition coefficient (Wildman–Crippen LogP) is 5.72. The van der Waals surface area contributed by atoms with E-state index in [2.05, 4.69) is 29.3 Å². The number of hydrogen-bond acceptors (Lipinski definition) is 3. The van der Waals surface area contributed by atoms with Crippen molar-refractivity contribution < 1.29 is 5.11 Å². The Bertz CT molecular complexity index is 341. The fourth-order valence-corrected chi connectivity index (χ4v) is 3.46. The minimum absolute atomic E-state index is 0.223. The van der Waals surface area contributed by atoms with Gasteiger partial charge < -0.3 is 15.3 Å². The molecule has 0 fully saturated rings. The zero-order valence-electron chi connectivity index (χ0n) is 16.6. The summed E-state index contributed by atoms with van der Waals surface area (Å²) in [5.41, 5.74) is 0. The minimum Gasteiger partial charge on any atom is -0.395 e. The zero-order chi connectivity index (χ0) is 18.0. The molecule has 0 aromatic carbocycles. The first-order chi connectivity index (χ1) is 12.4. The number of unbranched alkanes of at least 4 members (excludes halogenated alkanes) is 11. The van der Waals surface area contributed by atoms with Gasteiger partial charge in [0.25, 0.3) is 0 Å². The topological polar surface area (TPSA) is 35.5 Å². The SMILES string of the molecule is CCCCCCCCCCCC/C=C/CCCC1NC=CN1CCO. The van der Waals surface area contributed by atoms with Crippen LogP contribution in [-0.2, 0) is 0 Å². The summed E-state index contributed by atoms with van der Waals surface area (Å²) in [7, 11) is 0. The summed E-state index contributed by atoms with van der Waals surface area (Å²) < 4.78 is 0. The summed E-state index contributed by atoms with van der Waals surface area (Å²) in [6.45, 7) is 3.23. The van der Waals surface area contributed by atoms with Gasteiger partial charge in [0.1, 0.15) is 0 Å². The Labute approximate surface area is 156 Å². The fraction of sp³-hybridized carbons (Fsp3) is 0.818. The lowest BCUT2D eigenvalue weighted by molar-refractivity contribution is 0.194. The maximum absolute atomic E-state index is 9.03. The number of nitrogens with one attached hydrogen (secondary N) is 1. The first kappa shape index (κ1) is 22.1. The molecule has 2 N–H and O–H groups in total. The van der Waals surface area contributed by atoms with Gasteiger partial charge in [-0.15, -0.1) is 0 Å². The number of β-amino-alcohol motifs (C(OH)–C–C–N with tert-alkyl or cyclic N) is 1. The molecule has 0 spiro atoms. The van der Waals surface area contributed by atoms with Crippen molar-refractivity contribution in [2.24, 2.45) is 0 Å². The Morgan fingerprint density at radius 1 is 0.880 bits per heavy atom. The molecule has 1 atom stereocenters. The summed E-state index contributed by atoms with van der Waals surface area (Å²) in [6.07, 6.45) is 28.0. The molecule has 1 unspecified atom stereocenters. The highest BCUT2D eigenvalue weighted by Gasteiger charge is 2.16. The molecule has 0 aliphatic carbocycles. The Hall–Kier alpha value is -0.960. The monoisotopic (exact) mass is 350 g/mol. The van der Waals surface area contributed by atoms with Gasteiger partial charge >= 0.3 is 0 Å². The highest BCUT2D eigenvalue weighted by molar-refractivity contribution is 4.94. The van der Waals surface area contributed by atoms with E-state index in [0.717, 1.165) is 13.0 Å². The normalized spacial score (nSPS) is 16.9. The van der Waals surface area contributed by atoms with Crippen LogP contribution in [0.3, 0.4) is 0 Å². The van der Waals surface area contributed by atoms with Crippen LogP contribution in [0, 0.1) is 0 Å². The van der Waals surface area contributed by atoms with Crippen LogP contribution in [0.1, 0.15) is 96.8 Å². The highest BCUT2D eigenvalue weighted by Crippen LogP contribution is 2.13. The molecule has 25 heavy (non-hydrogen) atoms. The highest BCUT2D eigenvalue weighted by atomic mass is 16.3. The third-order valence-corrected chi connectivity index (χ3v) is 5.05. The van der Waals surface area contributed by atoms with Crippen molar-refractivity contribution in [3.8, 4) is 0 Å². The van der Waals surface area contributed by atoms with Crippen molar-refractivity contribution in [2.75, 3.05) is 13.2 Å². The quantitative estimate of drug-likeness (QED) is 0.260. The average Bonchev–Trinajstić information content (AvgIpc) is 3.06. The molecule has 0 aromatic heterocycles. The van der Waals surface area contributed by atoms with Gasteiger partial charge in [0, 0.05) is 18.9 Å². The number of allylic oxidation sites excluding steroid dienone is 2. The van der Waals surface area contributed by atoms with E-state index in [0.29, 0.717) is 6.17 Å². The van der Waals surface area contributed by atoms with Crippen LogP contribution < -0.4 is 5.32 Å². The maximum atomic E-state index is 9.03. The van der Waals surface area contributed by atoms with E-state index in [4.69, 9.17) is 5.11 Å². The first-order valence-electron chi connectivity index (χ1n) is 10.8. The minimum atomic E-state index is 0.223. The van der Waals surface area contributed by atoms with Gasteiger partial charge in [-0.2, -0.15) is 0 Å². The summed E-state index contributed by atoms with van der Waals surface area (Å²) in [5.74, 6) is 0. The number of nitrogens with zero attached hydrogens (tertiary/aromatic N) is 1. The Balaban J connectivity index is 1.81. The largest absolute Gasteiger partial charge is 0.395 e. The zero-order valence-corrected chi connectivity index (χ0v) is 16.6. The van der Waals surface area contributed by atoms with Gasteiger partial charge in [-0.25, -0.2) is 0 Å². The molecule has 0 saturated heterocycles. The van der Waals surface area contributed by atoms with Gasteiger partial charge in [0.05, 0.1) is 12.8 Å². The third kappa shape index (κ3) is 12.1. The molecule has 0 bridgehead atoms. The molecule has 3 heteroatoms. The Morgan fingerprint density at radius 2 is 1.48 bits per heavy atom. The van der Waals surface area contributed by atoms with Crippen molar-refractivity contribution >= 4 is 0 Å². The van der Waals surface area contributed by atoms with E-state index in [1.807, 2.05) is 12.4 Å². The van der Waals surface area contributed by atoms with Crippen LogP contribution >= 0.6 is 0 Å². The van der Waals surface area contributed by atoms with Crippen molar-refractivity contribution in [3.63, 3.8) is 0 Å². The molecule has 146 valence electrons. The van der Waals surface area contributed by atoms with Gasteiger partial charge in [0.2, 0.25) is 0 Å². The second-order valence-electron chi connectivity index (χ2n) is 7.33. The molecule has 1 aliphatic rings. The van der Waals surface area contributed by atoms with E-state index in [1.54, 1.807) is 0 Å². The summed E-state index contributed by atoms with van der Waals surface area (Å²) in [4.78, 5) is 2.19. The summed E-state index contributed by atoms with van der Waals surface area (Å²) >= 11 is 0. The molecule has 0 saturated carbocycles. The standard InChI is InChI=1S/C22H42N2O/c1-2-3-4-5-6-7-8-9-10-11-12-13-14-15-16-17-22-23-18-19-24(22)20-21-25/h13-14,18-19,22-23,25H,2-12,15-17,20-21H2,1H3/b14-13+. The van der Waals surface area contributed by atoms with Crippen LogP contribution in [-0.4, -0.2) is 29.3 Å². The van der Waals surface area contributed by atoms with Crippen molar-refractivity contribution in [1.82, 2.24) is 10.2 Å². The second kappa shape index (κ2) is 16.5. The van der Waals surface area contributed by atoms with Gasteiger partial charge in [0.15, 0.2) is 0 Å². The number of aliphatic hydroxyl groups excluding tert-OH is 1. The molecule has 1 rings (SSSR count). The van der Waals surface area contributed by atoms with Crippen molar-refractivity contribution in [1.29, 1.82) is 0 Å². The molecule has 1 aliphatic heterocycles. The van der Waals surface area contributed by atoms with Crippen LogP contribution in [0.15, 0.2) is 24.6 Å². The van der Waals surface area contributed by atoms with Gasteiger partial charge in [-0.05, 0) is 32.1 Å². The number of hydrogen-bond donors (Lipinski definition) is 2. The molecule has 3 nitrogen and oxygen atoms in total. The smallest absolute Gasteiger partial charge is 0.0982 e. The van der Waals surface area contributed by atoms with Crippen molar-refractivity contribution in [3.05, 3.63) is 24.6 Å². The maximum Gasteiger partial charge on any atom is 0.0982 e. The molecular weight excluding hydrogens is 308 g/mol. The van der Waals surface area contributed by atoms with Crippen LogP contribution in [0.5, 0.6) is 0 Å². The first-order valence-corrected chi connectivity index (χ1v) is 10.8. The van der Waals surface area contributed by atoms with Crippen LogP contribution in [0.25, 0.3) is 0 Å². The van der Waals surface area contributed by atoms with E-state index in [-0.39, 0.29) is 6.61 Å². The lowest BCUT2D eigenvalue weighted by Crippen LogP contribution is -2.36. The van der Waals surface area contributed by atoms with E-state index in [1.165, 1.54) is 83.5 Å². The van der Waals surface area contributed by atoms with E-state index in [9.17, 15) is 0 Å². The lowest BCUT2D eigenvalue weighted by atomic mass is 10.1. The van der Waals surface area contributed by atoms with Gasteiger partial charge in [-0.1, -0.05) is 76.9 Å². The summed E-state index contributed by atoms with van der Waals surface area (Å²) in [6, 6.07) is 0. The average molecular weight is 351 g/mol. The van der Waals surface area contributed by atoms with Crippen LogP contribution in [0.2, 0.25) is 0 Å². The van der Waals surface area contributed by atoms with E-state index < -0.39 is 0 Å². The molecule has 1 heterocycles. The lowest BCUT2D eigenvalue weighted by Gasteiger charge is -2.24. The molecular formula is C22H42N2O. The fourth-order valence-electron chi connectivity index (χ4n) is 3.46. The predicted molar refractivity (Wildman–Crippen MR) is 109 cm³/mol. The Morgan fingerprint density at radius 3 is 2.12 bits per heavy atom. The number of aliphatic hydroxyl groups is 1. The van der Waals surface area contributed by atoms with Crippen molar-refractivity contribution in [2.45, 2.75) is 103 Å². The molecule has 0 radical (unpaired) electrons. The summed E-state index contributed by atoms with van der Waals surface area (Å²) in [5, 5.41) is 12.4. The molecule has 0 aromatic rings. The van der Waals surface area contributed by atoms with E-state index >= 15 is 0 Å². The number of rotatable bonds is 17. The third-order valence-electron chi connectivity index (χ3n) is 5.05. The Kier molecular flexibility index (Phi) is 14.6. The van der Waals surface area contributed by atoms with Gasteiger partial charge in [-0.3, -0.25) is 0 Å². The van der Waals surface area contributed by atoms with Crippen LogP contribution in [0.4, 0.5) is 0 Å². The second-order valence-corrected chi connectivity index (χ2v) is 7.33. The molecule has 0 amide bonds.